The van der Waals surface area contributed by atoms with Gasteiger partial charge in [-0.05, 0) is 31.4 Å². The summed E-state index contributed by atoms with van der Waals surface area (Å²) < 4.78 is 2.04. The van der Waals surface area contributed by atoms with Gasteiger partial charge in [0.2, 0.25) is 0 Å². The van der Waals surface area contributed by atoms with Crippen LogP contribution in [0.25, 0.3) is 11.0 Å². The van der Waals surface area contributed by atoms with Crippen molar-refractivity contribution in [1.82, 2.24) is 14.5 Å². The van der Waals surface area contributed by atoms with Gasteiger partial charge in [0.25, 0.3) is 0 Å². The highest BCUT2D eigenvalue weighted by molar-refractivity contribution is 5.86. The molecule has 0 aliphatic heterocycles. The summed E-state index contributed by atoms with van der Waals surface area (Å²) in [6.07, 6.45) is 8.73. The average molecular weight is 273 g/mol. The van der Waals surface area contributed by atoms with Crippen LogP contribution in [0, 0.1) is 5.92 Å². The second-order valence-corrected chi connectivity index (χ2v) is 5.82. The van der Waals surface area contributed by atoms with Crippen molar-refractivity contribution in [2.45, 2.75) is 31.7 Å². The van der Waals surface area contributed by atoms with E-state index in [0.29, 0.717) is 12.0 Å². The number of pyridine rings is 1. The number of rotatable bonds is 3. The molecule has 108 valence electrons. The molecule has 0 aromatic carbocycles. The van der Waals surface area contributed by atoms with Crippen LogP contribution in [-0.2, 0) is 7.05 Å². The number of aryl methyl sites for hydroxylation is 1. The summed E-state index contributed by atoms with van der Waals surface area (Å²) in [6.45, 7) is 0.757. The zero-order valence-electron chi connectivity index (χ0n) is 12.3. The quantitative estimate of drug-likeness (QED) is 0.928. The van der Waals surface area contributed by atoms with E-state index in [9.17, 15) is 0 Å². The fraction of sp³-hybridized carbons (Fsp3) is 0.600. The van der Waals surface area contributed by atoms with Crippen molar-refractivity contribution in [1.29, 1.82) is 0 Å². The van der Waals surface area contributed by atoms with Crippen LogP contribution in [0.3, 0.4) is 0 Å². The zero-order valence-corrected chi connectivity index (χ0v) is 12.3. The lowest BCUT2D eigenvalue weighted by atomic mass is 9.83. The first kappa shape index (κ1) is 13.4. The number of hydrogen-bond donors (Lipinski definition) is 1. The SMILES string of the molecule is CN(c1nccc2c1ncn2C)C1CCCCC1CN. The summed E-state index contributed by atoms with van der Waals surface area (Å²) in [7, 11) is 4.15. The van der Waals surface area contributed by atoms with Crippen LogP contribution in [0.1, 0.15) is 25.7 Å². The van der Waals surface area contributed by atoms with Gasteiger partial charge >= 0.3 is 0 Å². The third-order valence-corrected chi connectivity index (χ3v) is 4.63. The number of fused-ring (bicyclic) bond motifs is 1. The Morgan fingerprint density at radius 3 is 2.95 bits per heavy atom. The average Bonchev–Trinajstić information content (AvgIpc) is 2.88. The van der Waals surface area contributed by atoms with Gasteiger partial charge < -0.3 is 15.2 Å². The third-order valence-electron chi connectivity index (χ3n) is 4.63. The molecule has 2 aromatic heterocycles. The number of hydrogen-bond acceptors (Lipinski definition) is 4. The fourth-order valence-electron chi connectivity index (χ4n) is 3.44. The molecule has 0 radical (unpaired) electrons. The molecule has 0 saturated heterocycles. The molecule has 3 rings (SSSR count). The van der Waals surface area contributed by atoms with E-state index in [1.54, 1.807) is 0 Å². The molecule has 2 unspecified atom stereocenters. The van der Waals surface area contributed by atoms with Gasteiger partial charge in [-0.1, -0.05) is 12.8 Å². The molecule has 0 amide bonds. The Balaban J connectivity index is 1.97. The molecule has 1 aliphatic carbocycles. The van der Waals surface area contributed by atoms with Crippen LogP contribution in [0.4, 0.5) is 5.82 Å². The van der Waals surface area contributed by atoms with Crippen molar-refractivity contribution in [3.8, 4) is 0 Å². The van der Waals surface area contributed by atoms with Crippen molar-refractivity contribution in [3.05, 3.63) is 18.6 Å². The molecule has 1 aliphatic rings. The van der Waals surface area contributed by atoms with Gasteiger partial charge in [-0.2, -0.15) is 0 Å². The number of nitrogens with two attached hydrogens (primary N) is 1. The fourth-order valence-corrected chi connectivity index (χ4v) is 3.44. The highest BCUT2D eigenvalue weighted by Crippen LogP contribution is 2.31. The number of nitrogens with zero attached hydrogens (tertiary/aromatic N) is 4. The first-order valence-corrected chi connectivity index (χ1v) is 7.41. The number of anilines is 1. The molecule has 1 fully saturated rings. The summed E-state index contributed by atoms with van der Waals surface area (Å²) >= 11 is 0. The first-order valence-electron chi connectivity index (χ1n) is 7.41. The lowest BCUT2D eigenvalue weighted by molar-refractivity contribution is 0.306. The number of imidazole rings is 1. The molecule has 5 heteroatoms. The van der Waals surface area contributed by atoms with Gasteiger partial charge in [-0.3, -0.25) is 0 Å². The lowest BCUT2D eigenvalue weighted by Gasteiger charge is -2.38. The van der Waals surface area contributed by atoms with Crippen LogP contribution in [0.5, 0.6) is 0 Å². The Hall–Kier alpha value is -1.62. The lowest BCUT2D eigenvalue weighted by Crippen LogP contribution is -2.43. The second-order valence-electron chi connectivity index (χ2n) is 5.82. The van der Waals surface area contributed by atoms with Crippen LogP contribution in [0.15, 0.2) is 18.6 Å². The molecule has 20 heavy (non-hydrogen) atoms. The van der Waals surface area contributed by atoms with E-state index < -0.39 is 0 Å². The largest absolute Gasteiger partial charge is 0.355 e. The normalized spacial score (nSPS) is 23.1. The molecule has 2 N–H and O–H groups in total. The summed E-state index contributed by atoms with van der Waals surface area (Å²) in [5, 5.41) is 0. The molecule has 2 atom stereocenters. The molecular formula is C15H23N5. The van der Waals surface area contributed by atoms with E-state index in [0.717, 1.165) is 23.4 Å². The third kappa shape index (κ3) is 2.16. The summed E-state index contributed by atoms with van der Waals surface area (Å²) in [6, 6.07) is 2.50. The predicted octanol–water partition coefficient (Wildman–Crippen LogP) is 1.92. The van der Waals surface area contributed by atoms with Crippen molar-refractivity contribution in [2.75, 3.05) is 18.5 Å². The highest BCUT2D eigenvalue weighted by atomic mass is 15.2. The van der Waals surface area contributed by atoms with E-state index in [1.807, 2.05) is 30.2 Å². The molecule has 2 heterocycles. The van der Waals surface area contributed by atoms with Crippen molar-refractivity contribution < 1.29 is 0 Å². The topological polar surface area (TPSA) is 60.0 Å². The van der Waals surface area contributed by atoms with Crippen molar-refractivity contribution >= 4 is 16.9 Å². The molecule has 1 saturated carbocycles. The molecule has 0 bridgehead atoms. The van der Waals surface area contributed by atoms with Crippen molar-refractivity contribution in [3.63, 3.8) is 0 Å². The van der Waals surface area contributed by atoms with Gasteiger partial charge in [0.15, 0.2) is 5.82 Å². The Bertz CT molecular complexity index is 591. The summed E-state index contributed by atoms with van der Waals surface area (Å²) in [5.74, 6) is 1.54. The Morgan fingerprint density at radius 2 is 2.15 bits per heavy atom. The van der Waals surface area contributed by atoms with E-state index in [-0.39, 0.29) is 0 Å². The van der Waals surface area contributed by atoms with Gasteiger partial charge in [0.05, 0.1) is 11.8 Å². The van der Waals surface area contributed by atoms with Crippen LogP contribution < -0.4 is 10.6 Å². The number of aromatic nitrogens is 3. The van der Waals surface area contributed by atoms with Gasteiger partial charge in [-0.15, -0.1) is 0 Å². The highest BCUT2D eigenvalue weighted by Gasteiger charge is 2.29. The van der Waals surface area contributed by atoms with E-state index in [4.69, 9.17) is 5.73 Å². The van der Waals surface area contributed by atoms with E-state index in [2.05, 4.69) is 21.9 Å². The molecule has 2 aromatic rings. The van der Waals surface area contributed by atoms with E-state index >= 15 is 0 Å². The maximum Gasteiger partial charge on any atom is 0.156 e. The standard InChI is InChI=1S/C15H23N5/c1-19-10-18-14-13(19)7-8-17-15(14)20(2)12-6-4-3-5-11(12)9-16/h7-8,10-12H,3-6,9,16H2,1-2H3. The second kappa shape index (κ2) is 5.40. The Labute approximate surface area is 119 Å². The minimum Gasteiger partial charge on any atom is -0.355 e. The summed E-state index contributed by atoms with van der Waals surface area (Å²) in [5.41, 5.74) is 8.07. The van der Waals surface area contributed by atoms with Crippen LogP contribution in [0.2, 0.25) is 0 Å². The molecular weight excluding hydrogens is 250 g/mol. The predicted molar refractivity (Wildman–Crippen MR) is 81.7 cm³/mol. The zero-order chi connectivity index (χ0) is 14.1. The van der Waals surface area contributed by atoms with E-state index in [1.165, 1.54) is 25.7 Å². The Kier molecular flexibility index (Phi) is 3.61. The maximum absolute atomic E-state index is 5.96. The van der Waals surface area contributed by atoms with Crippen LogP contribution >= 0.6 is 0 Å². The van der Waals surface area contributed by atoms with Gasteiger partial charge in [-0.25, -0.2) is 9.97 Å². The maximum atomic E-state index is 5.96. The minimum atomic E-state index is 0.480. The minimum absolute atomic E-state index is 0.480. The smallest absolute Gasteiger partial charge is 0.156 e. The summed E-state index contributed by atoms with van der Waals surface area (Å²) in [4.78, 5) is 11.4. The van der Waals surface area contributed by atoms with Gasteiger partial charge in [0, 0.05) is 26.3 Å². The van der Waals surface area contributed by atoms with Crippen LogP contribution in [-0.4, -0.2) is 34.2 Å². The monoisotopic (exact) mass is 273 g/mol. The van der Waals surface area contributed by atoms with Crippen molar-refractivity contribution in [2.24, 2.45) is 18.7 Å². The molecule has 0 spiro atoms. The first-order chi connectivity index (χ1) is 9.72. The Morgan fingerprint density at radius 1 is 1.35 bits per heavy atom. The molecule has 5 nitrogen and oxygen atoms in total. The van der Waals surface area contributed by atoms with Gasteiger partial charge in [0.1, 0.15) is 5.52 Å².